The Bertz CT molecular complexity index is 679. The molecular weight excluding hydrogens is 402 g/mol. The van der Waals surface area contributed by atoms with Gasteiger partial charge in [-0.3, -0.25) is 14.5 Å². The fourth-order valence-electron chi connectivity index (χ4n) is 4.12. The van der Waals surface area contributed by atoms with Crippen LogP contribution in [-0.2, 0) is 19.1 Å². The highest BCUT2D eigenvalue weighted by atomic mass is 16.6. The maximum absolute atomic E-state index is 13.0. The Kier molecular flexibility index (Phi) is 8.31. The van der Waals surface area contributed by atoms with Crippen molar-refractivity contribution in [2.24, 2.45) is 11.8 Å². The Balaban J connectivity index is 1.90. The fraction of sp³-hybridized carbons (Fsp3) is 0.818. The predicted molar refractivity (Wildman–Crippen MR) is 114 cm³/mol. The zero-order valence-corrected chi connectivity index (χ0v) is 19.3. The van der Waals surface area contributed by atoms with E-state index < -0.39 is 29.7 Å². The normalized spacial score (nSPS) is 21.2. The van der Waals surface area contributed by atoms with E-state index in [9.17, 15) is 24.3 Å². The molecule has 0 aromatic carbocycles. The highest BCUT2D eigenvalue weighted by molar-refractivity contribution is 5.87. The van der Waals surface area contributed by atoms with Crippen molar-refractivity contribution in [3.63, 3.8) is 0 Å². The summed E-state index contributed by atoms with van der Waals surface area (Å²) in [6.07, 6.45) is 2.22. The average Bonchev–Trinajstić information content (AvgIpc) is 3.15. The van der Waals surface area contributed by atoms with Crippen molar-refractivity contribution in [3.8, 4) is 0 Å². The second-order valence-electron chi connectivity index (χ2n) is 9.96. The number of piperidine rings is 1. The number of nitrogens with one attached hydrogen (secondary N) is 1. The van der Waals surface area contributed by atoms with E-state index in [-0.39, 0.29) is 23.7 Å². The second kappa shape index (κ2) is 10.3. The van der Waals surface area contributed by atoms with E-state index >= 15 is 0 Å². The molecule has 0 bridgehead atoms. The Morgan fingerprint density at radius 1 is 1.06 bits per heavy atom. The molecule has 176 valence electrons. The van der Waals surface area contributed by atoms with Crippen LogP contribution in [-0.4, -0.2) is 76.1 Å². The fourth-order valence-corrected chi connectivity index (χ4v) is 4.12. The predicted octanol–water partition coefficient (Wildman–Crippen LogP) is 2.24. The van der Waals surface area contributed by atoms with E-state index in [1.54, 1.807) is 25.7 Å². The topological polar surface area (TPSA) is 116 Å². The van der Waals surface area contributed by atoms with Gasteiger partial charge in [0.1, 0.15) is 17.7 Å². The first-order valence-corrected chi connectivity index (χ1v) is 11.2. The van der Waals surface area contributed by atoms with Crippen molar-refractivity contribution >= 4 is 23.9 Å². The average molecular weight is 440 g/mol. The monoisotopic (exact) mass is 439 g/mol. The maximum Gasteiger partial charge on any atom is 0.410 e. The van der Waals surface area contributed by atoms with E-state index in [0.717, 1.165) is 6.42 Å². The van der Waals surface area contributed by atoms with Gasteiger partial charge in [-0.05, 0) is 58.8 Å². The van der Waals surface area contributed by atoms with Crippen LogP contribution in [0.4, 0.5) is 4.79 Å². The van der Waals surface area contributed by atoms with Crippen LogP contribution < -0.4 is 5.32 Å². The molecule has 9 nitrogen and oxygen atoms in total. The minimum atomic E-state index is -1.03. The molecule has 3 amide bonds. The van der Waals surface area contributed by atoms with E-state index in [1.165, 1.54) is 4.90 Å². The quantitative estimate of drug-likeness (QED) is 0.656. The maximum atomic E-state index is 13.0. The standard InChI is InChI=1S/C22H37N3O6/c1-14(2)13-16(20(28)29)23-18(26)15-8-11-24(12-9-15)19(27)17-7-6-10-25(17)21(30)31-22(3,4)5/h14-17H,6-13H2,1-5H3,(H,23,26)(H,28,29)/t16-,17-/m0/s1. The molecular formula is C22H37N3O6. The summed E-state index contributed by atoms with van der Waals surface area (Å²) < 4.78 is 5.44. The summed E-state index contributed by atoms with van der Waals surface area (Å²) in [7, 11) is 0. The van der Waals surface area contributed by atoms with Crippen molar-refractivity contribution < 1.29 is 29.0 Å². The van der Waals surface area contributed by atoms with Gasteiger partial charge in [-0.15, -0.1) is 0 Å². The first-order chi connectivity index (χ1) is 14.4. The number of carboxylic acid groups (broad SMARTS) is 1. The van der Waals surface area contributed by atoms with Crippen LogP contribution in [0.5, 0.6) is 0 Å². The van der Waals surface area contributed by atoms with Crippen LogP contribution in [0.3, 0.4) is 0 Å². The highest BCUT2D eigenvalue weighted by Gasteiger charge is 2.40. The molecule has 0 aliphatic carbocycles. The van der Waals surface area contributed by atoms with Gasteiger partial charge in [0.2, 0.25) is 11.8 Å². The Morgan fingerprint density at radius 3 is 2.19 bits per heavy atom. The molecule has 2 N–H and O–H groups in total. The molecule has 2 aliphatic rings. The number of hydrogen-bond acceptors (Lipinski definition) is 5. The van der Waals surface area contributed by atoms with Gasteiger partial charge < -0.3 is 20.1 Å². The number of amides is 3. The largest absolute Gasteiger partial charge is 0.480 e. The van der Waals surface area contributed by atoms with Crippen LogP contribution in [0, 0.1) is 11.8 Å². The lowest BCUT2D eigenvalue weighted by atomic mass is 9.94. The van der Waals surface area contributed by atoms with Crippen molar-refractivity contribution in [2.75, 3.05) is 19.6 Å². The molecule has 9 heteroatoms. The van der Waals surface area contributed by atoms with E-state index in [2.05, 4.69) is 5.32 Å². The molecule has 0 unspecified atom stereocenters. The van der Waals surface area contributed by atoms with Crippen LogP contribution in [0.15, 0.2) is 0 Å². The smallest absolute Gasteiger partial charge is 0.410 e. The zero-order chi connectivity index (χ0) is 23.3. The molecule has 2 fully saturated rings. The Morgan fingerprint density at radius 2 is 1.68 bits per heavy atom. The SMILES string of the molecule is CC(C)C[C@H](NC(=O)C1CCN(C(=O)[C@@H]2CCCN2C(=O)OC(C)(C)C)CC1)C(=O)O. The number of ether oxygens (including phenoxy) is 1. The lowest BCUT2D eigenvalue weighted by Crippen LogP contribution is -2.52. The van der Waals surface area contributed by atoms with Crippen LogP contribution in [0.2, 0.25) is 0 Å². The lowest BCUT2D eigenvalue weighted by Gasteiger charge is -2.35. The molecule has 0 aromatic heterocycles. The van der Waals surface area contributed by atoms with Gasteiger partial charge in [-0.25, -0.2) is 9.59 Å². The zero-order valence-electron chi connectivity index (χ0n) is 19.3. The van der Waals surface area contributed by atoms with Crippen molar-refractivity contribution in [1.29, 1.82) is 0 Å². The summed E-state index contributed by atoms with van der Waals surface area (Å²) in [6.45, 7) is 10.5. The van der Waals surface area contributed by atoms with Crippen LogP contribution >= 0.6 is 0 Å². The molecule has 0 radical (unpaired) electrons. The molecule has 31 heavy (non-hydrogen) atoms. The Hall–Kier alpha value is -2.32. The molecule has 0 spiro atoms. The minimum Gasteiger partial charge on any atom is -0.480 e. The van der Waals surface area contributed by atoms with Crippen molar-refractivity contribution in [3.05, 3.63) is 0 Å². The number of likely N-dealkylation sites (tertiary alicyclic amines) is 2. The molecule has 2 rings (SSSR count). The third-order valence-electron chi connectivity index (χ3n) is 5.66. The molecule has 0 aromatic rings. The second-order valence-corrected chi connectivity index (χ2v) is 9.96. The summed E-state index contributed by atoms with van der Waals surface area (Å²) in [4.78, 5) is 52.7. The van der Waals surface area contributed by atoms with Gasteiger partial charge in [0, 0.05) is 25.6 Å². The summed E-state index contributed by atoms with van der Waals surface area (Å²) in [6, 6.07) is -1.42. The molecule has 2 heterocycles. The summed E-state index contributed by atoms with van der Waals surface area (Å²) in [5, 5.41) is 12.0. The molecule has 2 aliphatic heterocycles. The van der Waals surface area contributed by atoms with Crippen molar-refractivity contribution in [1.82, 2.24) is 15.1 Å². The lowest BCUT2D eigenvalue weighted by molar-refractivity contribution is -0.143. The number of hydrogen-bond donors (Lipinski definition) is 2. The highest BCUT2D eigenvalue weighted by Crippen LogP contribution is 2.25. The number of carbonyl (C=O) groups excluding carboxylic acids is 3. The van der Waals surface area contributed by atoms with E-state index in [0.29, 0.717) is 45.3 Å². The van der Waals surface area contributed by atoms with Crippen LogP contribution in [0.1, 0.15) is 66.7 Å². The third-order valence-corrected chi connectivity index (χ3v) is 5.66. The Labute approximate surface area is 184 Å². The number of rotatable bonds is 6. The first-order valence-electron chi connectivity index (χ1n) is 11.2. The van der Waals surface area contributed by atoms with Gasteiger partial charge in [0.05, 0.1) is 0 Å². The van der Waals surface area contributed by atoms with E-state index in [4.69, 9.17) is 4.74 Å². The van der Waals surface area contributed by atoms with Gasteiger partial charge in [-0.1, -0.05) is 13.8 Å². The number of aliphatic carboxylic acids is 1. The summed E-state index contributed by atoms with van der Waals surface area (Å²) in [5.41, 5.74) is -0.623. The van der Waals surface area contributed by atoms with Gasteiger partial charge in [0.25, 0.3) is 0 Å². The van der Waals surface area contributed by atoms with Crippen molar-refractivity contribution in [2.45, 2.75) is 84.4 Å². The third kappa shape index (κ3) is 7.11. The minimum absolute atomic E-state index is 0.106. The number of carbonyl (C=O) groups is 4. The van der Waals surface area contributed by atoms with E-state index in [1.807, 2.05) is 13.8 Å². The van der Waals surface area contributed by atoms with Gasteiger partial charge in [-0.2, -0.15) is 0 Å². The van der Waals surface area contributed by atoms with Gasteiger partial charge >= 0.3 is 12.1 Å². The first kappa shape index (κ1) is 24.9. The summed E-state index contributed by atoms with van der Waals surface area (Å²) in [5.74, 6) is -1.57. The van der Waals surface area contributed by atoms with Gasteiger partial charge in [0.15, 0.2) is 0 Å². The van der Waals surface area contributed by atoms with Crippen LogP contribution in [0.25, 0.3) is 0 Å². The molecule has 2 saturated heterocycles. The number of carboxylic acids is 1. The number of nitrogens with zero attached hydrogens (tertiary/aromatic N) is 2. The summed E-state index contributed by atoms with van der Waals surface area (Å²) >= 11 is 0. The molecule has 0 saturated carbocycles. The molecule has 2 atom stereocenters.